The summed E-state index contributed by atoms with van der Waals surface area (Å²) in [5, 5.41) is 29.3. The minimum absolute atomic E-state index is 0.129. The highest BCUT2D eigenvalue weighted by Gasteiger charge is 2.44. The van der Waals surface area contributed by atoms with Gasteiger partial charge in [0.15, 0.2) is 6.23 Å². The van der Waals surface area contributed by atoms with Crippen LogP contribution < -0.4 is 11.2 Å². The third-order valence-electron chi connectivity index (χ3n) is 5.00. The summed E-state index contributed by atoms with van der Waals surface area (Å²) in [6.45, 7) is 3.49. The van der Waals surface area contributed by atoms with E-state index in [1.54, 1.807) is 0 Å². The zero-order valence-electron chi connectivity index (χ0n) is 15.2. The van der Waals surface area contributed by atoms with Gasteiger partial charge in [-0.3, -0.25) is 13.9 Å². The van der Waals surface area contributed by atoms with Crippen LogP contribution in [0.15, 0.2) is 52.2 Å². The van der Waals surface area contributed by atoms with Crippen molar-refractivity contribution in [1.29, 1.82) is 0 Å². The molecule has 1 aliphatic heterocycles. The maximum atomic E-state index is 12.9. The van der Waals surface area contributed by atoms with E-state index in [1.165, 1.54) is 12.3 Å². The van der Waals surface area contributed by atoms with Crippen LogP contribution in [-0.4, -0.2) is 49.4 Å². The normalized spacial score (nSPS) is 25.7. The molecular weight excluding hydrogens is 352 g/mol. The molecule has 1 unspecified atom stereocenters. The monoisotopic (exact) mass is 376 g/mol. The summed E-state index contributed by atoms with van der Waals surface area (Å²) in [6, 6.07) is 10.8. The van der Waals surface area contributed by atoms with Crippen LogP contribution in [0, 0.1) is 0 Å². The maximum absolute atomic E-state index is 12.9. The summed E-state index contributed by atoms with van der Waals surface area (Å²) in [5.41, 5.74) is -0.640. The molecule has 146 valence electrons. The maximum Gasteiger partial charge on any atom is 0.333 e. The Kier molecular flexibility index (Phi) is 5.34. The highest BCUT2D eigenvalue weighted by molar-refractivity contribution is 5.23. The number of aliphatic hydroxyl groups is 3. The third kappa shape index (κ3) is 3.61. The van der Waals surface area contributed by atoms with Gasteiger partial charge in [0.25, 0.3) is 5.56 Å². The van der Waals surface area contributed by atoms with Crippen molar-refractivity contribution >= 4 is 0 Å². The van der Waals surface area contributed by atoms with E-state index in [2.05, 4.69) is 0 Å². The molecule has 0 radical (unpaired) electrons. The number of nitrogens with zero attached hydrogens (tertiary/aromatic N) is 2. The van der Waals surface area contributed by atoms with E-state index in [0.717, 1.165) is 14.7 Å². The molecule has 8 nitrogen and oxygen atoms in total. The minimum Gasteiger partial charge on any atom is -0.394 e. The zero-order chi connectivity index (χ0) is 19.8. The van der Waals surface area contributed by atoms with E-state index < -0.39 is 47.8 Å². The first kappa shape index (κ1) is 19.5. The van der Waals surface area contributed by atoms with Gasteiger partial charge >= 0.3 is 5.69 Å². The lowest BCUT2D eigenvalue weighted by Gasteiger charge is -2.27. The molecular formula is C19H24N2O6. The fourth-order valence-electron chi connectivity index (χ4n) is 3.36. The Morgan fingerprint density at radius 2 is 1.74 bits per heavy atom. The fraction of sp³-hybridized carbons (Fsp3) is 0.474. The van der Waals surface area contributed by atoms with Crippen molar-refractivity contribution in [2.24, 2.45) is 0 Å². The quantitative estimate of drug-likeness (QED) is 0.654. The summed E-state index contributed by atoms with van der Waals surface area (Å²) in [6.07, 6.45) is -3.67. The molecule has 3 N–H and O–H groups in total. The molecule has 27 heavy (non-hydrogen) atoms. The highest BCUT2D eigenvalue weighted by Crippen LogP contribution is 2.28. The molecule has 0 spiro atoms. The Balaban J connectivity index is 1.98. The van der Waals surface area contributed by atoms with Gasteiger partial charge in [0.05, 0.1) is 6.61 Å². The van der Waals surface area contributed by atoms with Crippen molar-refractivity contribution in [2.75, 3.05) is 6.61 Å². The molecule has 0 bridgehead atoms. The van der Waals surface area contributed by atoms with Crippen LogP contribution in [0.1, 0.15) is 25.6 Å². The molecule has 2 heterocycles. The van der Waals surface area contributed by atoms with Gasteiger partial charge in [-0.1, -0.05) is 44.2 Å². The number of hydrogen-bond acceptors (Lipinski definition) is 6. The van der Waals surface area contributed by atoms with Crippen LogP contribution >= 0.6 is 0 Å². The standard InChI is InChI=1S/C19H24N2O6/c1-19(2,12-6-4-3-5-7-12)11-21-14(23)8-9-20(18(21)26)17-16(25)15(24)13(10-22)27-17/h3-9,13,15-17,22,24-25H,10-11H2,1-2H3/t13-,15+,16?,17-/m1/s1. The average Bonchev–Trinajstić information content (AvgIpc) is 2.94. The number of aliphatic hydroxyl groups excluding tert-OH is 3. The number of rotatable bonds is 5. The Labute approximate surface area is 155 Å². The number of benzene rings is 1. The van der Waals surface area contributed by atoms with Gasteiger partial charge in [-0.05, 0) is 5.56 Å². The van der Waals surface area contributed by atoms with Gasteiger partial charge in [-0.2, -0.15) is 0 Å². The van der Waals surface area contributed by atoms with Crippen LogP contribution in [0.25, 0.3) is 0 Å². The predicted molar refractivity (Wildman–Crippen MR) is 97.4 cm³/mol. The molecule has 8 heteroatoms. The van der Waals surface area contributed by atoms with Gasteiger partial charge < -0.3 is 20.1 Å². The van der Waals surface area contributed by atoms with Gasteiger partial charge in [-0.25, -0.2) is 4.79 Å². The van der Waals surface area contributed by atoms with E-state index in [-0.39, 0.29) is 6.54 Å². The van der Waals surface area contributed by atoms with Crippen molar-refractivity contribution in [3.05, 3.63) is 69.0 Å². The average molecular weight is 376 g/mol. The molecule has 1 aromatic carbocycles. The summed E-state index contributed by atoms with van der Waals surface area (Å²) >= 11 is 0. The topological polar surface area (TPSA) is 114 Å². The molecule has 0 aliphatic carbocycles. The molecule has 1 saturated heterocycles. The molecule has 0 saturated carbocycles. The van der Waals surface area contributed by atoms with Crippen LogP contribution in [0.4, 0.5) is 0 Å². The van der Waals surface area contributed by atoms with Gasteiger partial charge in [0.1, 0.15) is 18.3 Å². The fourth-order valence-corrected chi connectivity index (χ4v) is 3.36. The lowest BCUT2D eigenvalue weighted by Crippen LogP contribution is -2.45. The minimum atomic E-state index is -1.40. The molecule has 1 aromatic heterocycles. The Hall–Kier alpha value is -2.26. The second-order valence-corrected chi connectivity index (χ2v) is 7.41. The number of hydrogen-bond donors (Lipinski definition) is 3. The predicted octanol–water partition coefficient (Wildman–Crippen LogP) is -0.401. The molecule has 2 aromatic rings. The van der Waals surface area contributed by atoms with Crippen molar-refractivity contribution < 1.29 is 20.1 Å². The second kappa shape index (κ2) is 7.40. The van der Waals surface area contributed by atoms with E-state index >= 15 is 0 Å². The summed E-state index contributed by atoms with van der Waals surface area (Å²) < 4.78 is 7.57. The van der Waals surface area contributed by atoms with Crippen LogP contribution in [-0.2, 0) is 16.7 Å². The highest BCUT2D eigenvalue weighted by atomic mass is 16.6. The molecule has 0 amide bonds. The molecule has 1 aliphatic rings. The van der Waals surface area contributed by atoms with Crippen molar-refractivity contribution in [1.82, 2.24) is 9.13 Å². The molecule has 4 atom stereocenters. The molecule has 3 rings (SSSR count). The van der Waals surface area contributed by atoms with E-state index in [0.29, 0.717) is 0 Å². The number of aromatic nitrogens is 2. The Morgan fingerprint density at radius 1 is 1.07 bits per heavy atom. The van der Waals surface area contributed by atoms with Crippen LogP contribution in [0.5, 0.6) is 0 Å². The summed E-state index contributed by atoms with van der Waals surface area (Å²) in [4.78, 5) is 25.3. The Morgan fingerprint density at radius 3 is 2.33 bits per heavy atom. The van der Waals surface area contributed by atoms with Gasteiger partial charge in [0, 0.05) is 24.2 Å². The van der Waals surface area contributed by atoms with Crippen molar-refractivity contribution in [2.45, 2.75) is 50.3 Å². The largest absolute Gasteiger partial charge is 0.394 e. The van der Waals surface area contributed by atoms with Crippen molar-refractivity contribution in [3.63, 3.8) is 0 Å². The van der Waals surface area contributed by atoms with Gasteiger partial charge in [0.2, 0.25) is 0 Å². The SMILES string of the molecule is CC(C)(Cn1c(=O)ccn([C@@H]2O[C@H](CO)[C@H](O)C2O)c1=O)c1ccccc1. The van der Waals surface area contributed by atoms with Gasteiger partial charge in [-0.15, -0.1) is 0 Å². The smallest absolute Gasteiger partial charge is 0.333 e. The number of ether oxygens (including phenoxy) is 1. The van der Waals surface area contributed by atoms with E-state index in [4.69, 9.17) is 4.74 Å². The zero-order valence-corrected chi connectivity index (χ0v) is 15.2. The van der Waals surface area contributed by atoms with Crippen molar-refractivity contribution in [3.8, 4) is 0 Å². The van der Waals surface area contributed by atoms with Crippen LogP contribution in [0.2, 0.25) is 0 Å². The second-order valence-electron chi connectivity index (χ2n) is 7.41. The lowest BCUT2D eigenvalue weighted by molar-refractivity contribution is -0.0557. The van der Waals surface area contributed by atoms with E-state index in [1.807, 2.05) is 44.2 Å². The third-order valence-corrected chi connectivity index (χ3v) is 5.00. The lowest BCUT2D eigenvalue weighted by atomic mass is 9.84. The van der Waals surface area contributed by atoms with Crippen LogP contribution in [0.3, 0.4) is 0 Å². The first-order chi connectivity index (χ1) is 12.8. The van der Waals surface area contributed by atoms with E-state index in [9.17, 15) is 24.9 Å². The first-order valence-electron chi connectivity index (χ1n) is 8.76. The molecule has 1 fully saturated rings. The first-order valence-corrected chi connectivity index (χ1v) is 8.76. The summed E-state index contributed by atoms with van der Waals surface area (Å²) in [7, 11) is 0. The summed E-state index contributed by atoms with van der Waals surface area (Å²) in [5.74, 6) is 0. The Bertz CT molecular complexity index is 904.